The molecule has 2 heterocycles. The van der Waals surface area contributed by atoms with Gasteiger partial charge in [0.25, 0.3) is 0 Å². The number of aromatic nitrogens is 1. The topological polar surface area (TPSA) is 45.7 Å². The Morgan fingerprint density at radius 3 is 2.55 bits per heavy atom. The van der Waals surface area contributed by atoms with Crippen molar-refractivity contribution in [3.63, 3.8) is 0 Å². The van der Waals surface area contributed by atoms with Crippen LogP contribution in [0.15, 0.2) is 60.7 Å². The predicted octanol–water partition coefficient (Wildman–Crippen LogP) is 4.40. The minimum absolute atomic E-state index is 0.180. The molecule has 1 aromatic heterocycles. The number of benzene rings is 2. The minimum Gasteiger partial charge on any atom is -0.492 e. The maximum atomic E-state index is 12.5. The average molecular weight is 410 g/mol. The fraction of sp³-hybridized carbons (Fsp3) is 0.304. The largest absolute Gasteiger partial charge is 0.492 e. The molecule has 0 bridgehead atoms. The first-order valence-electron chi connectivity index (χ1n) is 9.96. The summed E-state index contributed by atoms with van der Waals surface area (Å²) >= 11 is 6.07. The number of fused-ring (bicyclic) bond motifs is 1. The first kappa shape index (κ1) is 19.5. The average Bonchev–Trinajstić information content (AvgIpc) is 2.77. The van der Waals surface area contributed by atoms with Crippen LogP contribution in [-0.4, -0.2) is 48.6 Å². The Labute approximate surface area is 175 Å². The molecule has 1 aliphatic heterocycles. The Balaban J connectivity index is 1.23. The third-order valence-corrected chi connectivity index (χ3v) is 5.48. The van der Waals surface area contributed by atoms with Crippen molar-refractivity contribution in [2.45, 2.75) is 12.8 Å². The molecule has 0 atom stereocenters. The van der Waals surface area contributed by atoms with Gasteiger partial charge in [0.1, 0.15) is 11.6 Å². The lowest BCUT2D eigenvalue weighted by Crippen LogP contribution is -2.49. The number of hydrogen-bond donors (Lipinski definition) is 0. The lowest BCUT2D eigenvalue weighted by Gasteiger charge is -2.35. The summed E-state index contributed by atoms with van der Waals surface area (Å²) < 4.78 is 5.67. The summed E-state index contributed by atoms with van der Waals surface area (Å²) in [6.45, 7) is 3.52. The molecule has 1 amide bonds. The van der Waals surface area contributed by atoms with Crippen molar-refractivity contribution in [1.82, 2.24) is 9.88 Å². The van der Waals surface area contributed by atoms with Gasteiger partial charge in [0.15, 0.2) is 0 Å². The number of halogens is 1. The van der Waals surface area contributed by atoms with Crippen LogP contribution in [0.5, 0.6) is 5.75 Å². The van der Waals surface area contributed by atoms with Gasteiger partial charge in [-0.25, -0.2) is 4.98 Å². The van der Waals surface area contributed by atoms with Gasteiger partial charge in [-0.2, -0.15) is 0 Å². The number of amides is 1. The van der Waals surface area contributed by atoms with Gasteiger partial charge >= 0.3 is 0 Å². The van der Waals surface area contributed by atoms with E-state index in [1.165, 1.54) is 0 Å². The van der Waals surface area contributed by atoms with Crippen molar-refractivity contribution in [2.24, 2.45) is 0 Å². The molecule has 3 aromatic rings. The van der Waals surface area contributed by atoms with Gasteiger partial charge < -0.3 is 14.5 Å². The Kier molecular flexibility index (Phi) is 6.15. The van der Waals surface area contributed by atoms with Gasteiger partial charge in [-0.15, -0.1) is 0 Å². The molecule has 1 aliphatic rings. The molecular formula is C23H24ClN3O2. The highest BCUT2D eigenvalue weighted by atomic mass is 35.5. The molecule has 0 aliphatic carbocycles. The zero-order valence-corrected chi connectivity index (χ0v) is 17.0. The van der Waals surface area contributed by atoms with E-state index in [1.807, 2.05) is 41.3 Å². The quantitative estimate of drug-likeness (QED) is 0.566. The van der Waals surface area contributed by atoms with Crippen LogP contribution < -0.4 is 9.64 Å². The molecule has 0 unspecified atom stereocenters. The summed E-state index contributed by atoms with van der Waals surface area (Å²) in [5.41, 5.74) is 1.00. The number of nitrogens with zero attached hydrogens (tertiary/aromatic N) is 3. The summed E-state index contributed by atoms with van der Waals surface area (Å²) in [6.07, 6.45) is 1.16. The Hall–Kier alpha value is -2.79. The number of pyridine rings is 1. The standard InChI is InChI=1S/C23H24ClN3O2/c24-19-7-2-4-9-21(19)29-17-5-10-23(28)27-15-13-26(14-16-27)22-12-11-18-6-1-3-8-20(18)25-22/h1-4,6-9,11-12H,5,10,13-17H2. The normalized spacial score (nSPS) is 14.2. The van der Waals surface area contributed by atoms with E-state index in [4.69, 9.17) is 21.3 Å². The number of hydrogen-bond acceptors (Lipinski definition) is 4. The Morgan fingerprint density at radius 2 is 1.72 bits per heavy atom. The summed E-state index contributed by atoms with van der Waals surface area (Å²) in [5, 5.41) is 1.74. The third-order valence-electron chi connectivity index (χ3n) is 5.17. The zero-order chi connectivity index (χ0) is 20.1. The van der Waals surface area contributed by atoms with Crippen LogP contribution in [0.1, 0.15) is 12.8 Å². The number of carbonyl (C=O) groups is 1. The fourth-order valence-corrected chi connectivity index (χ4v) is 3.73. The van der Waals surface area contributed by atoms with Gasteiger partial charge in [-0.3, -0.25) is 4.79 Å². The monoisotopic (exact) mass is 409 g/mol. The maximum absolute atomic E-state index is 12.5. The molecule has 0 saturated carbocycles. The minimum atomic E-state index is 0.180. The molecule has 5 nitrogen and oxygen atoms in total. The van der Waals surface area contributed by atoms with E-state index in [1.54, 1.807) is 6.07 Å². The van der Waals surface area contributed by atoms with Gasteiger partial charge in [-0.05, 0) is 36.8 Å². The van der Waals surface area contributed by atoms with Gasteiger partial charge in [0.2, 0.25) is 5.91 Å². The predicted molar refractivity (Wildman–Crippen MR) is 117 cm³/mol. The fourth-order valence-electron chi connectivity index (χ4n) is 3.54. The van der Waals surface area contributed by atoms with Crippen molar-refractivity contribution in [2.75, 3.05) is 37.7 Å². The van der Waals surface area contributed by atoms with Crippen molar-refractivity contribution >= 4 is 34.2 Å². The van der Waals surface area contributed by atoms with E-state index in [-0.39, 0.29) is 5.91 Å². The van der Waals surface area contributed by atoms with Crippen molar-refractivity contribution in [1.29, 1.82) is 0 Å². The second kappa shape index (κ2) is 9.14. The molecular weight excluding hydrogens is 386 g/mol. The van der Waals surface area contributed by atoms with Crippen LogP contribution in [0.3, 0.4) is 0 Å². The Morgan fingerprint density at radius 1 is 0.966 bits per heavy atom. The van der Waals surface area contributed by atoms with Crippen LogP contribution in [0.4, 0.5) is 5.82 Å². The lowest BCUT2D eigenvalue weighted by molar-refractivity contribution is -0.131. The van der Waals surface area contributed by atoms with Gasteiger partial charge in [0.05, 0.1) is 17.1 Å². The molecule has 4 rings (SSSR count). The smallest absolute Gasteiger partial charge is 0.222 e. The molecule has 6 heteroatoms. The maximum Gasteiger partial charge on any atom is 0.222 e. The highest BCUT2D eigenvalue weighted by molar-refractivity contribution is 6.32. The SMILES string of the molecule is O=C(CCCOc1ccccc1Cl)N1CCN(c2ccc3ccccc3n2)CC1. The summed E-state index contributed by atoms with van der Waals surface area (Å²) in [6, 6.07) is 19.7. The first-order chi connectivity index (χ1) is 14.2. The molecule has 1 fully saturated rings. The second-order valence-corrected chi connectivity index (χ2v) is 7.52. The summed E-state index contributed by atoms with van der Waals surface area (Å²) in [4.78, 5) is 21.4. The first-order valence-corrected chi connectivity index (χ1v) is 10.3. The molecule has 2 aromatic carbocycles. The van der Waals surface area contributed by atoms with E-state index in [9.17, 15) is 4.79 Å². The number of para-hydroxylation sites is 2. The summed E-state index contributed by atoms with van der Waals surface area (Å²) in [5.74, 6) is 1.82. The molecule has 0 N–H and O–H groups in total. The number of rotatable bonds is 6. The molecule has 29 heavy (non-hydrogen) atoms. The van der Waals surface area contributed by atoms with Crippen molar-refractivity contribution in [3.05, 3.63) is 65.7 Å². The van der Waals surface area contributed by atoms with Crippen molar-refractivity contribution in [3.8, 4) is 5.75 Å². The van der Waals surface area contributed by atoms with E-state index in [0.29, 0.717) is 30.2 Å². The van der Waals surface area contributed by atoms with Gasteiger partial charge in [0, 0.05) is 38.0 Å². The second-order valence-electron chi connectivity index (χ2n) is 7.11. The van der Waals surface area contributed by atoms with E-state index in [0.717, 1.165) is 42.9 Å². The third kappa shape index (κ3) is 4.80. The molecule has 1 saturated heterocycles. The number of piperazine rings is 1. The van der Waals surface area contributed by atoms with Crippen LogP contribution in [0.25, 0.3) is 10.9 Å². The van der Waals surface area contributed by atoms with Crippen molar-refractivity contribution < 1.29 is 9.53 Å². The highest BCUT2D eigenvalue weighted by Gasteiger charge is 2.21. The van der Waals surface area contributed by atoms with E-state index >= 15 is 0 Å². The van der Waals surface area contributed by atoms with Crippen LogP contribution >= 0.6 is 11.6 Å². The highest BCUT2D eigenvalue weighted by Crippen LogP contribution is 2.23. The zero-order valence-electron chi connectivity index (χ0n) is 16.3. The molecule has 0 spiro atoms. The summed E-state index contributed by atoms with van der Waals surface area (Å²) in [7, 11) is 0. The number of anilines is 1. The number of ether oxygens (including phenoxy) is 1. The Bertz CT molecular complexity index is 987. The molecule has 0 radical (unpaired) electrons. The lowest BCUT2D eigenvalue weighted by atomic mass is 10.2. The van der Waals surface area contributed by atoms with Gasteiger partial charge in [-0.1, -0.05) is 41.9 Å². The molecule has 150 valence electrons. The van der Waals surface area contributed by atoms with Crippen LogP contribution in [0.2, 0.25) is 5.02 Å². The van der Waals surface area contributed by atoms with Crippen LogP contribution in [-0.2, 0) is 4.79 Å². The van der Waals surface area contributed by atoms with E-state index in [2.05, 4.69) is 23.1 Å². The van der Waals surface area contributed by atoms with E-state index < -0.39 is 0 Å². The number of carbonyl (C=O) groups excluding carboxylic acids is 1. The van der Waals surface area contributed by atoms with Crippen LogP contribution in [0, 0.1) is 0 Å².